The van der Waals surface area contributed by atoms with Crippen molar-refractivity contribution in [1.29, 1.82) is 0 Å². The molecule has 4 heteroatoms. The third kappa shape index (κ3) is 2.45. The normalized spacial score (nSPS) is 10.0. The molecule has 1 rings (SSSR count). The van der Waals surface area contributed by atoms with Crippen molar-refractivity contribution in [3.05, 3.63) is 23.1 Å². The first-order valence-electron chi connectivity index (χ1n) is 4.35. The smallest absolute Gasteiger partial charge is 0.152 e. The molecule has 0 aliphatic rings. The lowest BCUT2D eigenvalue weighted by atomic mass is 10.3. The second-order valence-electron chi connectivity index (χ2n) is 3.09. The fourth-order valence-corrected chi connectivity index (χ4v) is 1.05. The van der Waals surface area contributed by atoms with E-state index < -0.39 is 0 Å². The quantitative estimate of drug-likeness (QED) is 0.694. The van der Waals surface area contributed by atoms with Gasteiger partial charge in [-0.05, 0) is 31.2 Å². The zero-order valence-electron chi connectivity index (χ0n) is 8.48. The Kier molecular flexibility index (Phi) is 3.45. The minimum Gasteiger partial charge on any atom is -0.497 e. The van der Waals surface area contributed by atoms with Crippen LogP contribution in [0.25, 0.3) is 0 Å². The fraction of sp³-hybridized carbons (Fsp3) is 0.400. The van der Waals surface area contributed by atoms with Crippen LogP contribution in [0.3, 0.4) is 0 Å². The summed E-state index contributed by atoms with van der Waals surface area (Å²) in [5, 5.41) is 2.87. The lowest BCUT2D eigenvalue weighted by Crippen LogP contribution is -2.05. The molecule has 76 valence electrons. The summed E-state index contributed by atoms with van der Waals surface area (Å²) in [4.78, 5) is 10.4. The molecule has 14 heavy (non-hydrogen) atoms. The standard InChI is InChI=1S/C10H13NO3/c1-7(2)14-10-6-8(13-3)4-5-9(10)11-12/h4-7H,1-3H3. The molecule has 0 aliphatic heterocycles. The minimum atomic E-state index is 0.00241. The molecule has 0 N–H and O–H groups in total. The molecule has 0 atom stereocenters. The van der Waals surface area contributed by atoms with E-state index in [9.17, 15) is 4.91 Å². The molecular formula is C10H13NO3. The van der Waals surface area contributed by atoms with Gasteiger partial charge in [-0.3, -0.25) is 0 Å². The third-order valence-corrected chi connectivity index (χ3v) is 1.63. The molecule has 0 aliphatic carbocycles. The van der Waals surface area contributed by atoms with Gasteiger partial charge in [-0.2, -0.15) is 0 Å². The van der Waals surface area contributed by atoms with Crippen molar-refractivity contribution in [3.63, 3.8) is 0 Å². The summed E-state index contributed by atoms with van der Waals surface area (Å²) in [6.45, 7) is 3.77. The number of nitrogens with zero attached hydrogens (tertiary/aromatic N) is 1. The Bertz CT molecular complexity index is 323. The highest BCUT2D eigenvalue weighted by Gasteiger charge is 2.07. The van der Waals surface area contributed by atoms with Crippen LogP contribution in [0.1, 0.15) is 13.8 Å². The number of ether oxygens (including phenoxy) is 2. The third-order valence-electron chi connectivity index (χ3n) is 1.63. The summed E-state index contributed by atoms with van der Waals surface area (Å²) in [6.07, 6.45) is 0.00241. The average Bonchev–Trinajstić information content (AvgIpc) is 2.16. The first-order valence-corrected chi connectivity index (χ1v) is 4.35. The van der Waals surface area contributed by atoms with Gasteiger partial charge < -0.3 is 9.47 Å². The Morgan fingerprint density at radius 1 is 1.36 bits per heavy atom. The van der Waals surface area contributed by atoms with E-state index in [-0.39, 0.29) is 6.10 Å². The van der Waals surface area contributed by atoms with Gasteiger partial charge in [0.2, 0.25) is 0 Å². The molecule has 0 spiro atoms. The molecule has 0 fully saturated rings. The van der Waals surface area contributed by atoms with Gasteiger partial charge in [-0.15, -0.1) is 4.91 Å². The number of methoxy groups -OCH3 is 1. The predicted octanol–water partition coefficient (Wildman–Crippen LogP) is 2.88. The highest BCUT2D eigenvalue weighted by atomic mass is 16.5. The zero-order valence-corrected chi connectivity index (χ0v) is 8.48. The van der Waals surface area contributed by atoms with E-state index in [0.717, 1.165) is 0 Å². The molecule has 1 aromatic rings. The van der Waals surface area contributed by atoms with Gasteiger partial charge in [0.15, 0.2) is 5.75 Å². The first-order chi connectivity index (χ1) is 6.67. The molecule has 0 saturated heterocycles. The van der Waals surface area contributed by atoms with Crippen LogP contribution in [0, 0.1) is 4.91 Å². The lowest BCUT2D eigenvalue weighted by molar-refractivity contribution is 0.242. The van der Waals surface area contributed by atoms with Gasteiger partial charge in [0.05, 0.1) is 13.2 Å². The minimum absolute atomic E-state index is 0.00241. The Morgan fingerprint density at radius 3 is 2.57 bits per heavy atom. The van der Waals surface area contributed by atoms with Crippen molar-refractivity contribution in [2.45, 2.75) is 20.0 Å². The molecule has 0 unspecified atom stereocenters. The molecule has 1 aromatic carbocycles. The molecule has 0 saturated carbocycles. The number of rotatable bonds is 4. The molecule has 0 heterocycles. The average molecular weight is 195 g/mol. The lowest BCUT2D eigenvalue weighted by Gasteiger charge is -2.11. The van der Waals surface area contributed by atoms with E-state index in [1.807, 2.05) is 13.8 Å². The molecule has 4 nitrogen and oxygen atoms in total. The maximum absolute atomic E-state index is 10.4. The maximum Gasteiger partial charge on any atom is 0.152 e. The van der Waals surface area contributed by atoms with Crippen LogP contribution >= 0.6 is 0 Å². The number of nitroso groups, excluding NO2 is 1. The highest BCUT2D eigenvalue weighted by molar-refractivity contribution is 5.54. The number of hydrogen-bond acceptors (Lipinski definition) is 4. The first kappa shape index (κ1) is 10.5. The fourth-order valence-electron chi connectivity index (χ4n) is 1.05. The second-order valence-corrected chi connectivity index (χ2v) is 3.09. The van der Waals surface area contributed by atoms with Crippen LogP contribution in [0.15, 0.2) is 23.4 Å². The van der Waals surface area contributed by atoms with Crippen LogP contribution < -0.4 is 9.47 Å². The summed E-state index contributed by atoms with van der Waals surface area (Å²) in [7, 11) is 1.56. The summed E-state index contributed by atoms with van der Waals surface area (Å²) in [5.74, 6) is 1.10. The topological polar surface area (TPSA) is 47.9 Å². The van der Waals surface area contributed by atoms with E-state index in [0.29, 0.717) is 17.2 Å². The summed E-state index contributed by atoms with van der Waals surface area (Å²) in [5.41, 5.74) is 0.291. The van der Waals surface area contributed by atoms with Crippen LogP contribution in [-0.4, -0.2) is 13.2 Å². The molecule has 0 amide bonds. The summed E-state index contributed by atoms with van der Waals surface area (Å²) >= 11 is 0. The van der Waals surface area contributed by atoms with Crippen molar-refractivity contribution in [2.75, 3.05) is 7.11 Å². The Labute approximate surface area is 82.8 Å². The van der Waals surface area contributed by atoms with E-state index >= 15 is 0 Å². The maximum atomic E-state index is 10.4. The van der Waals surface area contributed by atoms with Crippen molar-refractivity contribution in [2.24, 2.45) is 5.18 Å². The highest BCUT2D eigenvalue weighted by Crippen LogP contribution is 2.32. The van der Waals surface area contributed by atoms with Gasteiger partial charge in [-0.1, -0.05) is 0 Å². The van der Waals surface area contributed by atoms with Gasteiger partial charge >= 0.3 is 0 Å². The van der Waals surface area contributed by atoms with Gasteiger partial charge in [0.25, 0.3) is 0 Å². The Morgan fingerprint density at radius 2 is 2.07 bits per heavy atom. The van der Waals surface area contributed by atoms with Crippen molar-refractivity contribution in [3.8, 4) is 11.5 Å². The van der Waals surface area contributed by atoms with Crippen molar-refractivity contribution in [1.82, 2.24) is 0 Å². The van der Waals surface area contributed by atoms with Crippen LogP contribution in [0.5, 0.6) is 11.5 Å². The zero-order chi connectivity index (χ0) is 10.6. The molecule has 0 radical (unpaired) electrons. The van der Waals surface area contributed by atoms with Gasteiger partial charge in [-0.25, -0.2) is 0 Å². The second kappa shape index (κ2) is 4.60. The van der Waals surface area contributed by atoms with Gasteiger partial charge in [0, 0.05) is 6.07 Å². The van der Waals surface area contributed by atoms with Crippen LogP contribution in [-0.2, 0) is 0 Å². The molecule has 0 aromatic heterocycles. The van der Waals surface area contributed by atoms with E-state index in [1.165, 1.54) is 0 Å². The Balaban J connectivity index is 3.01. The number of benzene rings is 1. The monoisotopic (exact) mass is 195 g/mol. The van der Waals surface area contributed by atoms with Gasteiger partial charge in [0.1, 0.15) is 11.4 Å². The largest absolute Gasteiger partial charge is 0.497 e. The van der Waals surface area contributed by atoms with E-state index in [1.54, 1.807) is 25.3 Å². The van der Waals surface area contributed by atoms with Crippen LogP contribution in [0.4, 0.5) is 5.69 Å². The Hall–Kier alpha value is -1.58. The molecule has 0 bridgehead atoms. The number of hydrogen-bond donors (Lipinski definition) is 0. The summed E-state index contributed by atoms with van der Waals surface area (Å²) < 4.78 is 10.4. The van der Waals surface area contributed by atoms with Crippen molar-refractivity contribution < 1.29 is 9.47 Å². The van der Waals surface area contributed by atoms with Crippen LogP contribution in [0.2, 0.25) is 0 Å². The molecular weight excluding hydrogens is 182 g/mol. The van der Waals surface area contributed by atoms with E-state index in [4.69, 9.17) is 9.47 Å². The van der Waals surface area contributed by atoms with Crippen molar-refractivity contribution >= 4 is 5.69 Å². The predicted molar refractivity (Wildman–Crippen MR) is 54.2 cm³/mol. The summed E-state index contributed by atoms with van der Waals surface area (Å²) in [6, 6.07) is 4.89. The van der Waals surface area contributed by atoms with E-state index in [2.05, 4.69) is 5.18 Å². The SMILES string of the molecule is COc1ccc(N=O)c(OC(C)C)c1.